The van der Waals surface area contributed by atoms with Crippen molar-refractivity contribution in [1.29, 1.82) is 0 Å². The van der Waals surface area contributed by atoms with E-state index in [-0.39, 0.29) is 23.8 Å². The van der Waals surface area contributed by atoms with Gasteiger partial charge in [-0.15, -0.1) is 0 Å². The van der Waals surface area contributed by atoms with Crippen LogP contribution in [0.25, 0.3) is 22.3 Å². The van der Waals surface area contributed by atoms with Gasteiger partial charge in [-0.25, -0.2) is 9.97 Å². The Labute approximate surface area is 196 Å². The molecule has 180 valence electrons. The SMILES string of the molecule is CCOCCn1c(=O)c(NCC(=O)N2CCOCC2)nc2cnc(-c3ccc(OC)nc3)cc21. The molecule has 0 spiro atoms. The molecule has 0 aromatic carbocycles. The van der Waals surface area contributed by atoms with Crippen molar-refractivity contribution in [2.45, 2.75) is 13.5 Å². The number of carbonyl (C=O) groups is 1. The zero-order valence-corrected chi connectivity index (χ0v) is 19.3. The van der Waals surface area contributed by atoms with E-state index in [4.69, 9.17) is 14.2 Å². The van der Waals surface area contributed by atoms with E-state index < -0.39 is 0 Å². The summed E-state index contributed by atoms with van der Waals surface area (Å²) in [6, 6.07) is 5.41. The van der Waals surface area contributed by atoms with Crippen molar-refractivity contribution in [2.75, 3.05) is 58.5 Å². The van der Waals surface area contributed by atoms with Crippen molar-refractivity contribution >= 4 is 22.8 Å². The average Bonchev–Trinajstić information content (AvgIpc) is 2.89. The summed E-state index contributed by atoms with van der Waals surface area (Å²) in [7, 11) is 1.55. The van der Waals surface area contributed by atoms with E-state index >= 15 is 0 Å². The standard InChI is InChI=1S/C23H28N6O5/c1-3-33-11-8-29-19-12-17(16-4-5-20(32-2)25-13-16)24-14-18(19)27-22(23(29)31)26-15-21(30)28-6-9-34-10-7-28/h4-5,12-14H,3,6-11,15H2,1-2H3,(H,26,27). The van der Waals surface area contributed by atoms with Gasteiger partial charge < -0.3 is 29.0 Å². The predicted molar refractivity (Wildman–Crippen MR) is 126 cm³/mol. The Morgan fingerprint density at radius 1 is 1.21 bits per heavy atom. The molecule has 1 N–H and O–H groups in total. The molecule has 1 aliphatic heterocycles. The van der Waals surface area contributed by atoms with E-state index in [2.05, 4.69) is 20.3 Å². The molecule has 0 bridgehead atoms. The van der Waals surface area contributed by atoms with Crippen molar-refractivity contribution in [2.24, 2.45) is 0 Å². The Hall–Kier alpha value is -3.57. The Bertz CT molecular complexity index is 1190. The van der Waals surface area contributed by atoms with Crippen molar-refractivity contribution in [3.05, 3.63) is 40.9 Å². The van der Waals surface area contributed by atoms with Crippen LogP contribution in [0.3, 0.4) is 0 Å². The third-order valence-electron chi connectivity index (χ3n) is 5.51. The number of fused-ring (bicyclic) bond motifs is 1. The number of nitrogens with zero attached hydrogens (tertiary/aromatic N) is 5. The first-order valence-electron chi connectivity index (χ1n) is 11.2. The summed E-state index contributed by atoms with van der Waals surface area (Å²) in [6.07, 6.45) is 3.27. The molecule has 3 aromatic rings. The number of methoxy groups -OCH3 is 1. The second-order valence-corrected chi connectivity index (χ2v) is 7.61. The molecule has 1 aliphatic rings. The lowest BCUT2D eigenvalue weighted by Crippen LogP contribution is -2.43. The van der Waals surface area contributed by atoms with Gasteiger partial charge in [0.15, 0.2) is 5.82 Å². The molecule has 0 radical (unpaired) electrons. The number of pyridine rings is 2. The summed E-state index contributed by atoms with van der Waals surface area (Å²) in [6.45, 7) is 5.23. The molecule has 11 nitrogen and oxygen atoms in total. The summed E-state index contributed by atoms with van der Waals surface area (Å²) in [5.74, 6) is 0.499. The zero-order valence-electron chi connectivity index (χ0n) is 19.3. The summed E-state index contributed by atoms with van der Waals surface area (Å²) in [4.78, 5) is 40.7. The molecule has 1 saturated heterocycles. The maximum Gasteiger partial charge on any atom is 0.293 e. The lowest BCUT2D eigenvalue weighted by molar-refractivity contribution is -0.133. The van der Waals surface area contributed by atoms with E-state index in [0.29, 0.717) is 68.7 Å². The Morgan fingerprint density at radius 2 is 2.03 bits per heavy atom. The van der Waals surface area contributed by atoms with Crippen LogP contribution in [0.15, 0.2) is 35.4 Å². The first kappa shape index (κ1) is 23.6. The van der Waals surface area contributed by atoms with E-state index in [1.54, 1.807) is 35.0 Å². The van der Waals surface area contributed by atoms with E-state index in [9.17, 15) is 9.59 Å². The van der Waals surface area contributed by atoms with Crippen molar-refractivity contribution in [1.82, 2.24) is 24.4 Å². The summed E-state index contributed by atoms with van der Waals surface area (Å²) < 4.78 is 17.5. The Morgan fingerprint density at radius 3 is 2.74 bits per heavy atom. The van der Waals surface area contributed by atoms with Crippen LogP contribution in [0.2, 0.25) is 0 Å². The summed E-state index contributed by atoms with van der Waals surface area (Å²) in [5, 5.41) is 2.92. The zero-order chi connectivity index (χ0) is 23.9. The minimum atomic E-state index is -0.327. The number of anilines is 1. The van der Waals surface area contributed by atoms with E-state index in [1.165, 1.54) is 0 Å². The van der Waals surface area contributed by atoms with Crippen LogP contribution < -0.4 is 15.6 Å². The number of carbonyl (C=O) groups excluding carboxylic acids is 1. The molecule has 1 amide bonds. The van der Waals surface area contributed by atoms with Gasteiger partial charge in [-0.05, 0) is 19.1 Å². The molecule has 4 rings (SSSR count). The number of ether oxygens (including phenoxy) is 3. The number of morpholine rings is 1. The maximum absolute atomic E-state index is 13.3. The van der Waals surface area contributed by atoms with Gasteiger partial charge in [0.05, 0.1) is 50.9 Å². The third kappa shape index (κ3) is 5.32. The fraction of sp³-hybridized carbons (Fsp3) is 0.435. The Balaban J connectivity index is 1.65. The van der Waals surface area contributed by atoms with Crippen LogP contribution >= 0.6 is 0 Å². The highest BCUT2D eigenvalue weighted by Gasteiger charge is 2.18. The molecule has 11 heteroatoms. The van der Waals surface area contributed by atoms with Crippen LogP contribution in [0, 0.1) is 0 Å². The van der Waals surface area contributed by atoms with Gasteiger partial charge in [-0.1, -0.05) is 0 Å². The van der Waals surface area contributed by atoms with Gasteiger partial charge >= 0.3 is 0 Å². The molecule has 34 heavy (non-hydrogen) atoms. The lowest BCUT2D eigenvalue weighted by Gasteiger charge is -2.27. The molecular formula is C23H28N6O5. The van der Waals surface area contributed by atoms with Gasteiger partial charge in [-0.2, -0.15) is 0 Å². The highest BCUT2D eigenvalue weighted by Crippen LogP contribution is 2.22. The third-order valence-corrected chi connectivity index (χ3v) is 5.51. The van der Waals surface area contributed by atoms with Gasteiger partial charge in [0.1, 0.15) is 5.52 Å². The quantitative estimate of drug-likeness (QED) is 0.461. The van der Waals surface area contributed by atoms with Crippen molar-refractivity contribution < 1.29 is 19.0 Å². The molecule has 0 atom stereocenters. The fourth-order valence-electron chi connectivity index (χ4n) is 3.68. The van der Waals surface area contributed by atoms with Gasteiger partial charge in [0, 0.05) is 44.1 Å². The number of nitrogens with one attached hydrogen (secondary N) is 1. The predicted octanol–water partition coefficient (Wildman–Crippen LogP) is 1.17. The van der Waals surface area contributed by atoms with Crippen LogP contribution in [-0.4, -0.2) is 83.5 Å². The monoisotopic (exact) mass is 468 g/mol. The normalized spacial score (nSPS) is 13.8. The van der Waals surface area contributed by atoms with E-state index in [1.807, 2.05) is 19.1 Å². The van der Waals surface area contributed by atoms with Crippen LogP contribution in [0.4, 0.5) is 5.82 Å². The minimum absolute atomic E-state index is 0.0256. The second kappa shape index (κ2) is 11.0. The molecule has 0 aliphatic carbocycles. The molecular weight excluding hydrogens is 440 g/mol. The first-order valence-corrected chi connectivity index (χ1v) is 11.2. The smallest absolute Gasteiger partial charge is 0.293 e. The summed E-state index contributed by atoms with van der Waals surface area (Å²) >= 11 is 0. The largest absolute Gasteiger partial charge is 0.481 e. The number of aromatic nitrogens is 4. The lowest BCUT2D eigenvalue weighted by atomic mass is 10.2. The number of rotatable bonds is 9. The summed E-state index contributed by atoms with van der Waals surface area (Å²) in [5.41, 5.74) is 2.26. The topological polar surface area (TPSA) is 121 Å². The van der Waals surface area contributed by atoms with E-state index in [0.717, 1.165) is 5.56 Å². The maximum atomic E-state index is 13.3. The van der Waals surface area contributed by atoms with Crippen LogP contribution in [0.1, 0.15) is 6.92 Å². The number of amides is 1. The second-order valence-electron chi connectivity index (χ2n) is 7.61. The number of hydrogen-bond acceptors (Lipinski definition) is 9. The van der Waals surface area contributed by atoms with Gasteiger partial charge in [-0.3, -0.25) is 14.6 Å². The molecule has 0 unspecified atom stereocenters. The van der Waals surface area contributed by atoms with Crippen LogP contribution in [-0.2, 0) is 20.8 Å². The number of hydrogen-bond donors (Lipinski definition) is 1. The fourth-order valence-corrected chi connectivity index (χ4v) is 3.68. The minimum Gasteiger partial charge on any atom is -0.481 e. The van der Waals surface area contributed by atoms with Gasteiger partial charge in [0.2, 0.25) is 11.8 Å². The molecule has 1 fully saturated rings. The van der Waals surface area contributed by atoms with Crippen LogP contribution in [0.5, 0.6) is 5.88 Å². The molecule has 4 heterocycles. The molecule has 3 aromatic heterocycles. The van der Waals surface area contributed by atoms with Crippen molar-refractivity contribution in [3.8, 4) is 17.1 Å². The molecule has 0 saturated carbocycles. The highest BCUT2D eigenvalue weighted by atomic mass is 16.5. The average molecular weight is 469 g/mol. The first-order chi connectivity index (χ1) is 16.6. The van der Waals surface area contributed by atoms with Gasteiger partial charge in [0.25, 0.3) is 5.56 Å². The highest BCUT2D eigenvalue weighted by molar-refractivity contribution is 5.82. The van der Waals surface area contributed by atoms with Crippen molar-refractivity contribution in [3.63, 3.8) is 0 Å². The Kier molecular flexibility index (Phi) is 7.65.